The van der Waals surface area contributed by atoms with E-state index in [2.05, 4.69) is 31.3 Å². The molecule has 1 saturated heterocycles. The lowest BCUT2D eigenvalue weighted by molar-refractivity contribution is 0.325. The quantitative estimate of drug-likeness (QED) is 0.335. The number of fused-ring (bicyclic) bond motifs is 1. The van der Waals surface area contributed by atoms with Crippen molar-refractivity contribution in [1.29, 1.82) is 0 Å². The summed E-state index contributed by atoms with van der Waals surface area (Å²) in [7, 11) is 1.79. The number of anilines is 1. The second-order valence-electron chi connectivity index (χ2n) is 8.50. The molecule has 1 aliphatic rings. The Hall–Kier alpha value is -3.02. The van der Waals surface area contributed by atoms with Gasteiger partial charge in [0.25, 0.3) is 0 Å². The smallest absolute Gasteiger partial charge is 0.171 e. The van der Waals surface area contributed by atoms with Gasteiger partial charge in [-0.3, -0.25) is 4.98 Å². The van der Waals surface area contributed by atoms with Crippen molar-refractivity contribution in [2.45, 2.75) is 30.2 Å². The summed E-state index contributed by atoms with van der Waals surface area (Å²) in [5, 5.41) is 7.96. The predicted molar refractivity (Wildman–Crippen MR) is 142 cm³/mol. The van der Waals surface area contributed by atoms with E-state index in [0.717, 1.165) is 46.6 Å². The molecule has 36 heavy (non-hydrogen) atoms. The average molecular weight is 572 g/mol. The highest BCUT2D eigenvalue weighted by atomic mass is 79.9. The fourth-order valence-electron chi connectivity index (χ4n) is 4.38. The molecule has 4 heterocycles. The molecule has 9 nitrogen and oxygen atoms in total. The summed E-state index contributed by atoms with van der Waals surface area (Å²) in [4.78, 5) is 9.74. The van der Waals surface area contributed by atoms with Gasteiger partial charge >= 0.3 is 0 Å². The first-order chi connectivity index (χ1) is 17.6. The molecule has 188 valence electrons. The number of benzene rings is 1. The molecule has 0 aliphatic carbocycles. The van der Waals surface area contributed by atoms with Gasteiger partial charge in [0.15, 0.2) is 5.65 Å². The van der Waals surface area contributed by atoms with Crippen molar-refractivity contribution in [3.63, 3.8) is 0 Å². The van der Waals surface area contributed by atoms with Crippen LogP contribution in [0.15, 0.2) is 64.4 Å². The molecule has 0 radical (unpaired) electrons. The number of hydrogen-bond acceptors (Lipinski definition) is 7. The van der Waals surface area contributed by atoms with Crippen molar-refractivity contribution in [2.24, 2.45) is 0 Å². The van der Waals surface area contributed by atoms with Crippen LogP contribution >= 0.6 is 15.9 Å². The number of ether oxygens (including phenoxy) is 2. The lowest BCUT2D eigenvalue weighted by Crippen LogP contribution is -2.36. The van der Waals surface area contributed by atoms with Gasteiger partial charge < -0.3 is 14.8 Å². The van der Waals surface area contributed by atoms with Crippen LogP contribution < -0.4 is 14.8 Å². The molecule has 5 rings (SSSR count). The van der Waals surface area contributed by atoms with Gasteiger partial charge in [0, 0.05) is 50.1 Å². The van der Waals surface area contributed by atoms with E-state index in [1.54, 1.807) is 49.3 Å². The lowest BCUT2D eigenvalue weighted by atomic mass is 9.96. The maximum Gasteiger partial charge on any atom is 0.171 e. The Bertz CT molecular complexity index is 1380. The van der Waals surface area contributed by atoms with E-state index in [4.69, 9.17) is 14.5 Å². The van der Waals surface area contributed by atoms with E-state index < -0.39 is 11.0 Å². The summed E-state index contributed by atoms with van der Waals surface area (Å²) in [6.07, 6.45) is 7.22. The fraction of sp³-hybridized carbons (Fsp3) is 0.320. The van der Waals surface area contributed by atoms with Crippen molar-refractivity contribution < 1.29 is 13.7 Å². The minimum absolute atomic E-state index is 0.116. The number of pyridine rings is 1. The van der Waals surface area contributed by atoms with Crippen molar-refractivity contribution >= 4 is 38.4 Å². The minimum Gasteiger partial charge on any atom is -0.497 e. The van der Waals surface area contributed by atoms with E-state index in [-0.39, 0.29) is 5.92 Å². The zero-order chi connectivity index (χ0) is 25.1. The third kappa shape index (κ3) is 5.09. The SMILES string of the molecule is COc1ccc(OC)c(S(=O)N2CCCC(c3cc(NCc4cccnc4)n4ncc(Br)c4n3)C2)c1. The third-order valence-corrected chi connectivity index (χ3v) is 8.30. The largest absolute Gasteiger partial charge is 0.497 e. The topological polar surface area (TPSA) is 93.9 Å². The van der Waals surface area contributed by atoms with Gasteiger partial charge in [-0.05, 0) is 52.5 Å². The summed E-state index contributed by atoms with van der Waals surface area (Å²) >= 11 is 3.58. The summed E-state index contributed by atoms with van der Waals surface area (Å²) < 4.78 is 29.1. The molecule has 2 unspecified atom stereocenters. The molecule has 0 amide bonds. The highest BCUT2D eigenvalue weighted by Crippen LogP contribution is 2.34. The van der Waals surface area contributed by atoms with E-state index in [0.29, 0.717) is 29.5 Å². The molecule has 3 aromatic heterocycles. The molecule has 1 aromatic carbocycles. The Balaban J connectivity index is 1.42. The molecule has 1 N–H and O–H groups in total. The van der Waals surface area contributed by atoms with Gasteiger partial charge in [-0.25, -0.2) is 13.5 Å². The summed E-state index contributed by atoms with van der Waals surface area (Å²) in [5.41, 5.74) is 2.76. The van der Waals surface area contributed by atoms with Crippen LogP contribution in [0.4, 0.5) is 5.82 Å². The Morgan fingerprint density at radius 1 is 1.19 bits per heavy atom. The van der Waals surface area contributed by atoms with Crippen LogP contribution in [0.5, 0.6) is 11.5 Å². The number of rotatable bonds is 8. The van der Waals surface area contributed by atoms with E-state index in [9.17, 15) is 4.21 Å². The van der Waals surface area contributed by atoms with Crippen LogP contribution in [-0.4, -0.2) is 55.4 Å². The van der Waals surface area contributed by atoms with Crippen LogP contribution in [0.1, 0.15) is 30.0 Å². The first-order valence-electron chi connectivity index (χ1n) is 11.6. The number of nitrogens with zero attached hydrogens (tertiary/aromatic N) is 5. The molecule has 4 aromatic rings. The first kappa shape index (κ1) is 24.7. The van der Waals surface area contributed by atoms with Gasteiger partial charge in [-0.1, -0.05) is 6.07 Å². The van der Waals surface area contributed by atoms with Gasteiger partial charge in [-0.15, -0.1) is 0 Å². The molecule has 2 atom stereocenters. The molecule has 1 aliphatic heterocycles. The van der Waals surface area contributed by atoms with Crippen molar-refractivity contribution in [2.75, 3.05) is 32.6 Å². The van der Waals surface area contributed by atoms with Crippen molar-refractivity contribution in [1.82, 2.24) is 23.9 Å². The molecule has 0 spiro atoms. The van der Waals surface area contributed by atoms with Gasteiger partial charge in [-0.2, -0.15) is 9.61 Å². The fourth-order valence-corrected chi connectivity index (χ4v) is 6.16. The monoisotopic (exact) mass is 570 g/mol. The van der Waals surface area contributed by atoms with E-state index in [1.165, 1.54) is 0 Å². The number of aromatic nitrogens is 4. The Morgan fingerprint density at radius 2 is 2.08 bits per heavy atom. The predicted octanol–water partition coefficient (Wildman–Crippen LogP) is 4.42. The zero-order valence-electron chi connectivity index (χ0n) is 20.1. The molecule has 11 heteroatoms. The van der Waals surface area contributed by atoms with Gasteiger partial charge in [0.05, 0.1) is 30.6 Å². The zero-order valence-corrected chi connectivity index (χ0v) is 22.5. The Morgan fingerprint density at radius 3 is 2.86 bits per heavy atom. The van der Waals surface area contributed by atoms with Crippen LogP contribution in [0.2, 0.25) is 0 Å². The number of methoxy groups -OCH3 is 2. The van der Waals surface area contributed by atoms with Crippen LogP contribution in [0.3, 0.4) is 0 Å². The number of halogens is 1. The summed E-state index contributed by atoms with van der Waals surface area (Å²) in [6.45, 7) is 1.96. The first-order valence-corrected chi connectivity index (χ1v) is 13.5. The maximum absolute atomic E-state index is 13.6. The summed E-state index contributed by atoms with van der Waals surface area (Å²) in [5.74, 6) is 2.19. The second-order valence-corrected chi connectivity index (χ2v) is 10.8. The minimum atomic E-state index is -1.39. The molecule has 0 bridgehead atoms. The lowest BCUT2D eigenvalue weighted by Gasteiger charge is -2.31. The van der Waals surface area contributed by atoms with E-state index in [1.807, 2.05) is 28.7 Å². The Kier molecular flexibility index (Phi) is 7.49. The standard InChI is InChI=1S/C25H27BrN6O3S/c1-34-19-7-8-22(35-2)23(11-19)36(33)31-10-4-6-18(16-31)21-12-24(28-14-17-5-3-9-27-13-17)32-25(30-21)20(26)15-29-32/h3,5,7-9,11-13,15,18,28H,4,6,10,14,16H2,1-2H3. The third-order valence-electron chi connectivity index (χ3n) is 6.24. The van der Waals surface area contributed by atoms with Crippen LogP contribution in [0.25, 0.3) is 5.65 Å². The van der Waals surface area contributed by atoms with Crippen LogP contribution in [0, 0.1) is 0 Å². The van der Waals surface area contributed by atoms with E-state index >= 15 is 0 Å². The van der Waals surface area contributed by atoms with Gasteiger partial charge in [0.1, 0.15) is 33.2 Å². The highest BCUT2D eigenvalue weighted by molar-refractivity contribution is 9.10. The van der Waals surface area contributed by atoms with Gasteiger partial charge in [0.2, 0.25) is 0 Å². The maximum atomic E-state index is 13.6. The number of piperidine rings is 1. The van der Waals surface area contributed by atoms with Crippen LogP contribution in [-0.2, 0) is 17.5 Å². The normalized spacial score (nSPS) is 17.1. The van der Waals surface area contributed by atoms with Crippen molar-refractivity contribution in [3.8, 4) is 11.5 Å². The molecule has 1 fully saturated rings. The second kappa shape index (κ2) is 10.9. The number of hydrogen-bond donors (Lipinski definition) is 1. The average Bonchev–Trinajstić information content (AvgIpc) is 3.32. The summed E-state index contributed by atoms with van der Waals surface area (Å²) in [6, 6.07) is 11.4. The molecular formula is C25H27BrN6O3S. The number of nitrogens with one attached hydrogen (secondary N) is 1. The highest BCUT2D eigenvalue weighted by Gasteiger charge is 2.29. The van der Waals surface area contributed by atoms with Crippen molar-refractivity contribution in [3.05, 3.63) is 70.7 Å². The Labute approximate surface area is 220 Å². The molecule has 0 saturated carbocycles. The molecular weight excluding hydrogens is 544 g/mol.